The molecule has 0 aliphatic carbocycles. The van der Waals surface area contributed by atoms with Crippen molar-refractivity contribution in [3.8, 4) is 5.75 Å². The zero-order valence-electron chi connectivity index (χ0n) is 23.0. The van der Waals surface area contributed by atoms with Crippen LogP contribution in [-0.2, 0) is 31.7 Å². The summed E-state index contributed by atoms with van der Waals surface area (Å²) in [5.41, 5.74) is 1.91. The highest BCUT2D eigenvalue weighted by Gasteiger charge is 2.57. The third kappa shape index (κ3) is 6.49. The summed E-state index contributed by atoms with van der Waals surface area (Å²) in [4.78, 5) is 14.6. The van der Waals surface area contributed by atoms with Crippen molar-refractivity contribution in [1.29, 1.82) is 0 Å². The Balaban J connectivity index is 1.75. The molecule has 39 heavy (non-hydrogen) atoms. The van der Waals surface area contributed by atoms with Crippen molar-refractivity contribution in [3.63, 3.8) is 0 Å². The van der Waals surface area contributed by atoms with E-state index in [1.807, 2.05) is 87.5 Å². The number of aliphatic hydroxyl groups excluding tert-OH is 1. The Bertz CT molecular complexity index is 1270. The molecule has 0 bridgehead atoms. The molecule has 0 aromatic heterocycles. The minimum atomic E-state index is -1.92. The van der Waals surface area contributed by atoms with Gasteiger partial charge in [0, 0.05) is 11.3 Å². The Hall–Kier alpha value is -2.84. The van der Waals surface area contributed by atoms with Crippen LogP contribution in [0.4, 0.5) is 0 Å². The van der Waals surface area contributed by atoms with Crippen LogP contribution in [0.3, 0.4) is 0 Å². The van der Waals surface area contributed by atoms with E-state index < -0.39 is 22.6 Å². The predicted molar refractivity (Wildman–Crippen MR) is 153 cm³/mol. The first-order valence-corrected chi connectivity index (χ1v) is 14.2. The molecule has 3 atom stereocenters. The molecule has 1 saturated heterocycles. The number of hydrogen-bond donors (Lipinski definition) is 3. The fourth-order valence-corrected chi connectivity index (χ4v) is 6.59. The Labute approximate surface area is 235 Å². The Morgan fingerprint density at radius 3 is 2.31 bits per heavy atom. The molecule has 6 nitrogen and oxygen atoms in total. The number of phenols is 1. The van der Waals surface area contributed by atoms with Crippen LogP contribution in [0.2, 0.25) is 0 Å². The van der Waals surface area contributed by atoms with E-state index in [2.05, 4.69) is 0 Å². The number of phenolic OH excluding ortho intramolecular Hbond substituents is 1. The molecule has 0 spiro atoms. The highest BCUT2D eigenvalue weighted by Crippen LogP contribution is 2.50. The second kappa shape index (κ2) is 11.7. The van der Waals surface area contributed by atoms with Crippen LogP contribution >= 0.6 is 11.8 Å². The van der Waals surface area contributed by atoms with Gasteiger partial charge in [0.1, 0.15) is 11.4 Å². The van der Waals surface area contributed by atoms with E-state index >= 15 is 0 Å². The van der Waals surface area contributed by atoms with Gasteiger partial charge in [0.25, 0.3) is 0 Å². The Morgan fingerprint density at radius 1 is 1.05 bits per heavy atom. The van der Waals surface area contributed by atoms with Gasteiger partial charge in [0.2, 0.25) is 0 Å². The number of aliphatic hydroxyl groups is 2. The maximum absolute atomic E-state index is 13.9. The summed E-state index contributed by atoms with van der Waals surface area (Å²) < 4.78 is 12.2. The van der Waals surface area contributed by atoms with E-state index in [0.29, 0.717) is 18.4 Å². The summed E-state index contributed by atoms with van der Waals surface area (Å²) in [6.07, 6.45) is 1.07. The summed E-state index contributed by atoms with van der Waals surface area (Å²) in [5, 5.41) is 31.0. The van der Waals surface area contributed by atoms with Crippen LogP contribution in [0.15, 0.2) is 77.7 Å². The van der Waals surface area contributed by atoms with Gasteiger partial charge in [-0.05, 0) is 59.6 Å². The first kappa shape index (κ1) is 29.2. The van der Waals surface area contributed by atoms with E-state index in [1.165, 1.54) is 11.8 Å². The lowest BCUT2D eigenvalue weighted by Crippen LogP contribution is -2.59. The molecule has 208 valence electrons. The number of benzene rings is 3. The summed E-state index contributed by atoms with van der Waals surface area (Å²) in [5.74, 6) is -2.34. The molecular formula is C32H38O6S. The number of rotatable bonds is 9. The first-order chi connectivity index (χ1) is 18.5. The van der Waals surface area contributed by atoms with Crippen molar-refractivity contribution in [2.24, 2.45) is 0 Å². The molecule has 1 aliphatic rings. The minimum Gasteiger partial charge on any atom is -0.508 e. The van der Waals surface area contributed by atoms with E-state index in [0.717, 1.165) is 21.6 Å². The second-order valence-electron chi connectivity index (χ2n) is 11.2. The third-order valence-electron chi connectivity index (χ3n) is 7.21. The number of thioether (sulfide) groups is 1. The second-order valence-corrected chi connectivity index (χ2v) is 12.4. The summed E-state index contributed by atoms with van der Waals surface area (Å²) >= 11 is 1.17. The number of cyclic esters (lactones) is 1. The van der Waals surface area contributed by atoms with Crippen molar-refractivity contribution < 1.29 is 29.6 Å². The summed E-state index contributed by atoms with van der Waals surface area (Å²) in [6, 6.07) is 23.0. The zero-order valence-corrected chi connectivity index (χ0v) is 23.8. The van der Waals surface area contributed by atoms with Crippen LogP contribution in [-0.4, -0.2) is 45.5 Å². The third-order valence-corrected chi connectivity index (χ3v) is 8.60. The number of aromatic hydroxyl groups is 1. The van der Waals surface area contributed by atoms with Gasteiger partial charge >= 0.3 is 5.97 Å². The van der Waals surface area contributed by atoms with Crippen molar-refractivity contribution in [3.05, 3.63) is 95.1 Å². The number of carbonyl (C=O) groups is 1. The average Bonchev–Trinajstić information content (AvgIpc) is 2.91. The first-order valence-electron chi connectivity index (χ1n) is 13.3. The molecule has 7 heteroatoms. The van der Waals surface area contributed by atoms with Crippen LogP contribution in [0, 0.1) is 6.92 Å². The fourth-order valence-electron chi connectivity index (χ4n) is 5.12. The quantitative estimate of drug-likeness (QED) is 0.235. The van der Waals surface area contributed by atoms with E-state index in [1.54, 1.807) is 13.0 Å². The molecule has 0 radical (unpaired) electrons. The molecule has 3 aromatic rings. The van der Waals surface area contributed by atoms with E-state index in [-0.39, 0.29) is 30.8 Å². The lowest BCUT2D eigenvalue weighted by Gasteiger charge is -2.48. The van der Waals surface area contributed by atoms with Crippen molar-refractivity contribution in [2.45, 2.75) is 73.9 Å². The molecule has 3 aromatic carbocycles. The van der Waals surface area contributed by atoms with Crippen LogP contribution in [0.25, 0.3) is 0 Å². The molecular weight excluding hydrogens is 512 g/mol. The lowest BCUT2D eigenvalue weighted by atomic mass is 9.79. The number of hydrogen-bond acceptors (Lipinski definition) is 7. The van der Waals surface area contributed by atoms with Crippen LogP contribution in [0.5, 0.6) is 5.75 Å². The maximum Gasteiger partial charge on any atom is 0.325 e. The number of carbonyl (C=O) groups excluding carboxylic acids is 1. The Morgan fingerprint density at radius 2 is 1.69 bits per heavy atom. The highest BCUT2D eigenvalue weighted by atomic mass is 32.2. The van der Waals surface area contributed by atoms with Crippen molar-refractivity contribution in [2.75, 3.05) is 13.2 Å². The van der Waals surface area contributed by atoms with Gasteiger partial charge in [-0.15, -0.1) is 11.8 Å². The average molecular weight is 551 g/mol. The molecule has 0 saturated carbocycles. The van der Waals surface area contributed by atoms with Gasteiger partial charge in [0.05, 0.1) is 13.2 Å². The zero-order chi connectivity index (χ0) is 28.3. The summed E-state index contributed by atoms with van der Waals surface area (Å²) in [7, 11) is 0. The molecule has 1 heterocycles. The largest absolute Gasteiger partial charge is 0.508 e. The maximum atomic E-state index is 13.9. The number of esters is 1. The van der Waals surface area contributed by atoms with E-state index in [9.17, 15) is 20.1 Å². The topological polar surface area (TPSA) is 96.2 Å². The summed E-state index contributed by atoms with van der Waals surface area (Å²) in [6.45, 7) is 7.44. The van der Waals surface area contributed by atoms with Gasteiger partial charge in [-0.25, -0.2) is 0 Å². The van der Waals surface area contributed by atoms with Gasteiger partial charge in [-0.2, -0.15) is 0 Å². The molecule has 4 rings (SSSR count). The van der Waals surface area contributed by atoms with E-state index in [4.69, 9.17) is 9.47 Å². The normalized spacial score (nSPS) is 23.4. The number of aryl methyl sites for hydroxylation is 2. The van der Waals surface area contributed by atoms with Crippen LogP contribution < -0.4 is 0 Å². The Kier molecular flexibility index (Phi) is 8.76. The number of ether oxygens (including phenoxy) is 2. The smallest absolute Gasteiger partial charge is 0.325 e. The molecule has 1 fully saturated rings. The van der Waals surface area contributed by atoms with Crippen molar-refractivity contribution >= 4 is 17.7 Å². The molecule has 3 unspecified atom stereocenters. The van der Waals surface area contributed by atoms with Gasteiger partial charge in [-0.3, -0.25) is 4.79 Å². The standard InChI is InChI=1S/C32H38O6S/c1-22-19-27(25(20-26(22)34)30(2,3)4)39-28-29(35)38-31(24-13-9-6-10-14-24,21-32(28,36)37-18-17-33)16-15-23-11-7-5-8-12-23/h5-14,19-20,28,33-34,36H,15-18,21H2,1-4H3. The van der Waals surface area contributed by atoms with Gasteiger partial charge in [0.15, 0.2) is 11.0 Å². The van der Waals surface area contributed by atoms with Crippen molar-refractivity contribution in [1.82, 2.24) is 0 Å². The highest BCUT2D eigenvalue weighted by molar-refractivity contribution is 8.00. The molecule has 3 N–H and O–H groups in total. The fraction of sp³-hybridized carbons (Fsp3) is 0.406. The van der Waals surface area contributed by atoms with Crippen LogP contribution in [0.1, 0.15) is 55.9 Å². The monoisotopic (exact) mass is 550 g/mol. The SMILES string of the molecule is Cc1cc(SC2C(=O)OC(CCc3ccccc3)(c3ccccc3)CC2(O)OCCO)c(C(C)(C)C)cc1O. The lowest BCUT2D eigenvalue weighted by molar-refractivity contribution is -0.266. The molecule has 0 amide bonds. The van der Waals surface area contributed by atoms with Gasteiger partial charge < -0.3 is 24.8 Å². The minimum absolute atomic E-state index is 0.00215. The van der Waals surface area contributed by atoms with Gasteiger partial charge in [-0.1, -0.05) is 81.4 Å². The predicted octanol–water partition coefficient (Wildman–Crippen LogP) is 5.63. The molecule has 1 aliphatic heterocycles.